The molecule has 4 heterocycles. The number of imide groups is 1. The molecule has 1 unspecified atom stereocenters. The number of pyridine rings is 1. The van der Waals surface area contributed by atoms with Gasteiger partial charge in [0.2, 0.25) is 11.8 Å². The van der Waals surface area contributed by atoms with Crippen LogP contribution in [0.5, 0.6) is 0 Å². The van der Waals surface area contributed by atoms with Crippen molar-refractivity contribution in [1.82, 2.24) is 20.1 Å². The largest absolute Gasteiger partial charge is 0.354 e. The summed E-state index contributed by atoms with van der Waals surface area (Å²) in [6.45, 7) is 7.03. The Labute approximate surface area is 187 Å². The molecule has 8 heteroatoms. The van der Waals surface area contributed by atoms with Crippen molar-refractivity contribution < 1.29 is 14.4 Å². The molecular weight excluding hydrogens is 406 g/mol. The third-order valence-electron chi connectivity index (χ3n) is 6.56. The van der Waals surface area contributed by atoms with Gasteiger partial charge in [0, 0.05) is 56.9 Å². The molecule has 0 radical (unpaired) electrons. The number of rotatable bonds is 4. The lowest BCUT2D eigenvalue weighted by atomic mass is 10.0. The number of anilines is 1. The Hall–Kier alpha value is -3.26. The number of piperazine rings is 1. The van der Waals surface area contributed by atoms with Gasteiger partial charge in [-0.05, 0) is 42.7 Å². The monoisotopic (exact) mass is 433 g/mol. The first kappa shape index (κ1) is 20.6. The van der Waals surface area contributed by atoms with E-state index in [2.05, 4.69) is 32.2 Å². The van der Waals surface area contributed by atoms with E-state index in [0.29, 0.717) is 18.5 Å². The number of benzene rings is 1. The molecule has 1 aromatic heterocycles. The predicted molar refractivity (Wildman–Crippen MR) is 119 cm³/mol. The number of nitrogens with one attached hydrogen (secondary N) is 1. The number of fused-ring (bicyclic) bond motifs is 1. The Kier molecular flexibility index (Phi) is 5.38. The molecule has 1 aromatic carbocycles. The van der Waals surface area contributed by atoms with Gasteiger partial charge in [0.05, 0.1) is 0 Å². The maximum Gasteiger partial charge on any atom is 0.255 e. The van der Waals surface area contributed by atoms with Crippen LogP contribution < -0.4 is 10.2 Å². The number of carbonyl (C=O) groups is 3. The van der Waals surface area contributed by atoms with Crippen molar-refractivity contribution in [2.24, 2.45) is 0 Å². The number of nitrogens with zero attached hydrogens (tertiary/aromatic N) is 4. The molecule has 32 heavy (non-hydrogen) atoms. The Balaban J connectivity index is 1.21. The topological polar surface area (TPSA) is 85.9 Å². The first-order valence-electron chi connectivity index (χ1n) is 11.2. The molecule has 8 nitrogen and oxygen atoms in total. The third-order valence-corrected chi connectivity index (χ3v) is 6.56. The summed E-state index contributed by atoms with van der Waals surface area (Å²) in [4.78, 5) is 47.5. The molecular formula is C24H27N5O3. The maximum atomic E-state index is 12.9. The Morgan fingerprint density at radius 3 is 2.62 bits per heavy atom. The number of aryl methyl sites for hydroxylation is 1. The average molecular weight is 434 g/mol. The summed E-state index contributed by atoms with van der Waals surface area (Å²) >= 11 is 0. The van der Waals surface area contributed by atoms with E-state index in [4.69, 9.17) is 0 Å². The molecule has 2 saturated heterocycles. The quantitative estimate of drug-likeness (QED) is 0.735. The molecule has 166 valence electrons. The molecule has 2 aromatic rings. The normalized spacial score (nSPS) is 21.7. The van der Waals surface area contributed by atoms with Crippen molar-refractivity contribution in [2.75, 3.05) is 31.1 Å². The zero-order chi connectivity index (χ0) is 22.2. The molecule has 3 aliphatic heterocycles. The fourth-order valence-corrected chi connectivity index (χ4v) is 4.82. The summed E-state index contributed by atoms with van der Waals surface area (Å²) in [5.74, 6) is 0.272. The van der Waals surface area contributed by atoms with Crippen LogP contribution in [0.3, 0.4) is 0 Å². The summed E-state index contributed by atoms with van der Waals surface area (Å²) in [6.07, 6.45) is 0.656. The van der Waals surface area contributed by atoms with Gasteiger partial charge in [0.25, 0.3) is 5.91 Å². The van der Waals surface area contributed by atoms with Crippen molar-refractivity contribution >= 4 is 23.5 Å². The summed E-state index contributed by atoms with van der Waals surface area (Å²) in [7, 11) is 0. The molecule has 1 N–H and O–H groups in total. The van der Waals surface area contributed by atoms with Crippen molar-refractivity contribution in [3.63, 3.8) is 0 Å². The number of hydrogen-bond acceptors (Lipinski definition) is 6. The standard InChI is InChI=1S/C24H27N5O3/c1-16-3-2-4-21(25-16)28-11-9-27(10-12-28)14-17-5-6-19-18(13-17)15-29(24(19)32)20-7-8-22(30)26-23(20)31/h2-6,13,20H,7-12,14-15H2,1H3,(H,26,30,31). The molecule has 2 fully saturated rings. The fraction of sp³-hybridized carbons (Fsp3) is 0.417. The van der Waals surface area contributed by atoms with Crippen LogP contribution in [-0.4, -0.2) is 64.7 Å². The Bertz CT molecular complexity index is 1080. The van der Waals surface area contributed by atoms with Crippen LogP contribution in [0, 0.1) is 6.92 Å². The van der Waals surface area contributed by atoms with E-state index in [0.717, 1.165) is 49.8 Å². The van der Waals surface area contributed by atoms with Crippen molar-refractivity contribution in [3.8, 4) is 0 Å². The van der Waals surface area contributed by atoms with Crippen molar-refractivity contribution in [1.29, 1.82) is 0 Å². The average Bonchev–Trinajstić information content (AvgIpc) is 3.10. The van der Waals surface area contributed by atoms with Crippen LogP contribution >= 0.6 is 0 Å². The zero-order valence-electron chi connectivity index (χ0n) is 18.2. The summed E-state index contributed by atoms with van der Waals surface area (Å²) in [5.41, 5.74) is 3.82. The number of aromatic nitrogens is 1. The second-order valence-electron chi connectivity index (χ2n) is 8.79. The molecule has 5 rings (SSSR count). The van der Waals surface area contributed by atoms with Gasteiger partial charge < -0.3 is 9.80 Å². The summed E-state index contributed by atoms with van der Waals surface area (Å²) < 4.78 is 0. The second-order valence-corrected chi connectivity index (χ2v) is 8.79. The predicted octanol–water partition coefficient (Wildman–Crippen LogP) is 1.47. The smallest absolute Gasteiger partial charge is 0.255 e. The fourth-order valence-electron chi connectivity index (χ4n) is 4.82. The van der Waals surface area contributed by atoms with Gasteiger partial charge in [-0.25, -0.2) is 4.98 Å². The number of amides is 3. The van der Waals surface area contributed by atoms with E-state index in [1.165, 1.54) is 5.56 Å². The van der Waals surface area contributed by atoms with Gasteiger partial charge in [-0.1, -0.05) is 18.2 Å². The minimum atomic E-state index is -0.570. The minimum absolute atomic E-state index is 0.125. The molecule has 0 spiro atoms. The highest BCUT2D eigenvalue weighted by Gasteiger charge is 2.39. The lowest BCUT2D eigenvalue weighted by molar-refractivity contribution is -0.136. The van der Waals surface area contributed by atoms with Crippen LogP contribution in [0.25, 0.3) is 0 Å². The van der Waals surface area contributed by atoms with E-state index in [-0.39, 0.29) is 24.1 Å². The van der Waals surface area contributed by atoms with E-state index in [9.17, 15) is 14.4 Å². The van der Waals surface area contributed by atoms with Crippen LogP contribution in [0.4, 0.5) is 5.82 Å². The molecule has 1 atom stereocenters. The van der Waals surface area contributed by atoms with Crippen molar-refractivity contribution in [3.05, 3.63) is 58.8 Å². The second kappa shape index (κ2) is 8.35. The molecule has 3 aliphatic rings. The number of carbonyl (C=O) groups excluding carboxylic acids is 3. The van der Waals surface area contributed by atoms with E-state index >= 15 is 0 Å². The molecule has 3 amide bonds. The summed E-state index contributed by atoms with van der Waals surface area (Å²) in [6, 6.07) is 11.5. The van der Waals surface area contributed by atoms with Gasteiger partial charge in [-0.15, -0.1) is 0 Å². The van der Waals surface area contributed by atoms with Crippen LogP contribution in [0.2, 0.25) is 0 Å². The highest BCUT2D eigenvalue weighted by atomic mass is 16.2. The van der Waals surface area contributed by atoms with E-state index < -0.39 is 6.04 Å². The van der Waals surface area contributed by atoms with E-state index in [1.807, 2.05) is 31.2 Å². The summed E-state index contributed by atoms with van der Waals surface area (Å²) in [5, 5.41) is 2.35. The first-order chi connectivity index (χ1) is 15.5. The zero-order valence-corrected chi connectivity index (χ0v) is 18.2. The number of hydrogen-bond donors (Lipinski definition) is 1. The van der Waals surface area contributed by atoms with Crippen molar-refractivity contribution in [2.45, 2.75) is 38.9 Å². The molecule has 0 bridgehead atoms. The van der Waals surface area contributed by atoms with Gasteiger partial charge in [-0.3, -0.25) is 24.6 Å². The lowest BCUT2D eigenvalue weighted by Crippen LogP contribution is -2.52. The molecule has 0 saturated carbocycles. The van der Waals surface area contributed by atoms with Crippen LogP contribution in [-0.2, 0) is 22.7 Å². The SMILES string of the molecule is Cc1cccc(N2CCN(Cc3ccc4c(c3)CN(C3CCC(=O)NC3=O)C4=O)CC2)n1. The van der Waals surface area contributed by atoms with Crippen LogP contribution in [0.15, 0.2) is 36.4 Å². The number of piperidine rings is 1. The molecule has 0 aliphatic carbocycles. The van der Waals surface area contributed by atoms with Gasteiger partial charge in [0.1, 0.15) is 11.9 Å². The first-order valence-corrected chi connectivity index (χ1v) is 11.2. The third kappa shape index (κ3) is 3.98. The van der Waals surface area contributed by atoms with Gasteiger partial charge >= 0.3 is 0 Å². The van der Waals surface area contributed by atoms with E-state index in [1.54, 1.807) is 4.90 Å². The van der Waals surface area contributed by atoms with Crippen LogP contribution in [0.1, 0.15) is 40.0 Å². The Morgan fingerprint density at radius 2 is 1.88 bits per heavy atom. The van der Waals surface area contributed by atoms with Gasteiger partial charge in [0.15, 0.2) is 0 Å². The van der Waals surface area contributed by atoms with Gasteiger partial charge in [-0.2, -0.15) is 0 Å². The maximum absolute atomic E-state index is 12.9. The Morgan fingerprint density at radius 1 is 1.06 bits per heavy atom. The lowest BCUT2D eigenvalue weighted by Gasteiger charge is -2.35. The highest BCUT2D eigenvalue weighted by molar-refractivity contribution is 6.05. The minimum Gasteiger partial charge on any atom is -0.354 e. The highest BCUT2D eigenvalue weighted by Crippen LogP contribution is 2.28.